The molecule has 0 radical (unpaired) electrons. The highest BCUT2D eigenvalue weighted by molar-refractivity contribution is 7.18. The van der Waals surface area contributed by atoms with Crippen LogP contribution in [0.3, 0.4) is 0 Å². The average molecular weight is 401 g/mol. The first-order valence-electron chi connectivity index (χ1n) is 9.66. The summed E-state index contributed by atoms with van der Waals surface area (Å²) in [6, 6.07) is 19.2. The summed E-state index contributed by atoms with van der Waals surface area (Å²) in [5.74, 6) is -0.338. The number of nitrogens with zero attached hydrogens (tertiary/aromatic N) is 1. The van der Waals surface area contributed by atoms with E-state index in [0.29, 0.717) is 10.2 Å². The molecular formula is C23H19N3O2S. The Bertz CT molecular complexity index is 1210. The van der Waals surface area contributed by atoms with Crippen molar-refractivity contribution in [1.29, 1.82) is 0 Å². The van der Waals surface area contributed by atoms with Crippen LogP contribution >= 0.6 is 11.3 Å². The standard InChI is InChI=1S/C23H19N3O2S/c27-21-18-16-12-7-13-17(16)29-23(18)26-20(25-21)22(28)24-19(14-8-3-1-4-9-14)15-10-5-2-6-11-15/h1-6,8-11,19H,7,12-13H2,(H,24,28)(H,25,26,27). The van der Waals surface area contributed by atoms with Crippen LogP contribution in [-0.4, -0.2) is 15.9 Å². The average Bonchev–Trinajstić information content (AvgIpc) is 3.34. The van der Waals surface area contributed by atoms with Crippen LogP contribution in [0.15, 0.2) is 65.5 Å². The maximum atomic E-state index is 13.0. The van der Waals surface area contributed by atoms with Gasteiger partial charge >= 0.3 is 0 Å². The van der Waals surface area contributed by atoms with Crippen LogP contribution in [0.5, 0.6) is 0 Å². The molecule has 2 N–H and O–H groups in total. The van der Waals surface area contributed by atoms with Gasteiger partial charge in [-0.2, -0.15) is 0 Å². The van der Waals surface area contributed by atoms with Crippen molar-refractivity contribution in [3.63, 3.8) is 0 Å². The van der Waals surface area contributed by atoms with E-state index in [9.17, 15) is 9.59 Å². The predicted octanol–water partition coefficient (Wildman–Crippen LogP) is 3.99. The molecule has 0 saturated carbocycles. The van der Waals surface area contributed by atoms with Gasteiger partial charge in [0.05, 0.1) is 11.4 Å². The number of rotatable bonds is 4. The molecule has 0 unspecified atom stereocenters. The van der Waals surface area contributed by atoms with Crippen molar-refractivity contribution >= 4 is 27.5 Å². The Morgan fingerprint density at radius 2 is 1.66 bits per heavy atom. The Balaban J connectivity index is 1.52. The summed E-state index contributed by atoms with van der Waals surface area (Å²) in [6.07, 6.45) is 2.98. The zero-order valence-corrected chi connectivity index (χ0v) is 16.5. The van der Waals surface area contributed by atoms with Gasteiger partial charge in [-0.05, 0) is 36.0 Å². The molecule has 29 heavy (non-hydrogen) atoms. The zero-order chi connectivity index (χ0) is 19.8. The highest BCUT2D eigenvalue weighted by Gasteiger charge is 2.24. The number of hydrogen-bond donors (Lipinski definition) is 2. The molecule has 5 nitrogen and oxygen atoms in total. The first-order valence-corrected chi connectivity index (χ1v) is 10.5. The molecule has 2 aromatic carbocycles. The summed E-state index contributed by atoms with van der Waals surface area (Å²) in [5.41, 5.74) is 2.81. The molecular weight excluding hydrogens is 382 g/mol. The van der Waals surface area contributed by atoms with Crippen molar-refractivity contribution in [3.05, 3.63) is 98.4 Å². The van der Waals surface area contributed by atoms with Gasteiger partial charge in [0.15, 0.2) is 0 Å². The van der Waals surface area contributed by atoms with Gasteiger partial charge in [0.2, 0.25) is 5.82 Å². The first kappa shape index (κ1) is 17.8. The van der Waals surface area contributed by atoms with E-state index in [1.807, 2.05) is 60.7 Å². The number of carbonyl (C=O) groups is 1. The molecule has 0 spiro atoms. The van der Waals surface area contributed by atoms with Crippen molar-refractivity contribution in [2.45, 2.75) is 25.3 Å². The van der Waals surface area contributed by atoms with Crippen LogP contribution < -0.4 is 10.9 Å². The number of nitrogens with one attached hydrogen (secondary N) is 2. The van der Waals surface area contributed by atoms with E-state index in [-0.39, 0.29) is 17.4 Å². The Kier molecular flexibility index (Phi) is 4.48. The van der Waals surface area contributed by atoms with E-state index < -0.39 is 5.91 Å². The second-order valence-electron chi connectivity index (χ2n) is 7.18. The van der Waals surface area contributed by atoms with Crippen LogP contribution in [0.2, 0.25) is 0 Å². The molecule has 1 aliphatic rings. The highest BCUT2D eigenvalue weighted by Crippen LogP contribution is 2.34. The maximum absolute atomic E-state index is 13.0. The first-order chi connectivity index (χ1) is 14.2. The SMILES string of the molecule is O=C(NC(c1ccccc1)c1ccccc1)c1nc2sc3c(c2c(=O)[nH]1)CCC3. The van der Waals surface area contributed by atoms with Crippen molar-refractivity contribution in [2.75, 3.05) is 0 Å². The number of hydrogen-bond acceptors (Lipinski definition) is 4. The quantitative estimate of drug-likeness (QED) is 0.543. The largest absolute Gasteiger partial charge is 0.338 e. The summed E-state index contributed by atoms with van der Waals surface area (Å²) < 4.78 is 0. The summed E-state index contributed by atoms with van der Waals surface area (Å²) >= 11 is 1.53. The monoisotopic (exact) mass is 401 g/mol. The molecule has 0 saturated heterocycles. The fraction of sp³-hybridized carbons (Fsp3) is 0.174. The molecule has 6 heteroatoms. The number of benzene rings is 2. The number of amides is 1. The van der Waals surface area contributed by atoms with Crippen LogP contribution in [0.4, 0.5) is 0 Å². The van der Waals surface area contributed by atoms with Gasteiger partial charge in [-0.3, -0.25) is 9.59 Å². The highest BCUT2D eigenvalue weighted by atomic mass is 32.1. The van der Waals surface area contributed by atoms with Gasteiger partial charge in [0.25, 0.3) is 11.5 Å². The molecule has 5 rings (SSSR count). The Morgan fingerprint density at radius 1 is 1.00 bits per heavy atom. The molecule has 1 aliphatic carbocycles. The molecule has 1 amide bonds. The number of aromatic nitrogens is 2. The lowest BCUT2D eigenvalue weighted by atomic mass is 9.99. The Hall–Kier alpha value is -3.25. The summed E-state index contributed by atoms with van der Waals surface area (Å²) in [4.78, 5) is 34.8. The van der Waals surface area contributed by atoms with Crippen LogP contribution in [0.25, 0.3) is 10.2 Å². The van der Waals surface area contributed by atoms with Crippen LogP contribution in [-0.2, 0) is 12.8 Å². The number of aryl methyl sites for hydroxylation is 2. The fourth-order valence-electron chi connectivity index (χ4n) is 3.96. The minimum Gasteiger partial charge on any atom is -0.338 e. The molecule has 2 aromatic heterocycles. The topological polar surface area (TPSA) is 74.8 Å². The molecule has 2 heterocycles. The molecule has 0 aliphatic heterocycles. The predicted molar refractivity (Wildman–Crippen MR) is 114 cm³/mol. The van der Waals surface area contributed by atoms with Crippen LogP contribution in [0, 0.1) is 0 Å². The minimum absolute atomic E-state index is 0.0549. The van der Waals surface area contributed by atoms with Gasteiger partial charge in [-0.15, -0.1) is 11.3 Å². The van der Waals surface area contributed by atoms with Gasteiger partial charge in [-0.1, -0.05) is 60.7 Å². The zero-order valence-electron chi connectivity index (χ0n) is 15.6. The van der Waals surface area contributed by atoms with Crippen molar-refractivity contribution in [1.82, 2.24) is 15.3 Å². The third-order valence-corrected chi connectivity index (χ3v) is 6.52. The smallest absolute Gasteiger partial charge is 0.287 e. The van der Waals surface area contributed by atoms with E-state index in [1.54, 1.807) is 0 Å². The van der Waals surface area contributed by atoms with E-state index in [2.05, 4.69) is 15.3 Å². The Labute approximate surface area is 171 Å². The number of carbonyl (C=O) groups excluding carboxylic acids is 1. The third-order valence-electron chi connectivity index (χ3n) is 5.33. The number of H-pyrrole nitrogens is 1. The van der Waals surface area contributed by atoms with E-state index in [4.69, 9.17) is 0 Å². The fourth-order valence-corrected chi connectivity index (χ4v) is 5.22. The van der Waals surface area contributed by atoms with Crippen molar-refractivity contribution in [2.24, 2.45) is 0 Å². The molecule has 4 aromatic rings. The van der Waals surface area contributed by atoms with E-state index >= 15 is 0 Å². The van der Waals surface area contributed by atoms with Gasteiger partial charge in [0.1, 0.15) is 4.83 Å². The molecule has 144 valence electrons. The maximum Gasteiger partial charge on any atom is 0.287 e. The van der Waals surface area contributed by atoms with Gasteiger partial charge in [0, 0.05) is 4.88 Å². The number of thiophene rings is 1. The molecule has 0 bridgehead atoms. The lowest BCUT2D eigenvalue weighted by Gasteiger charge is -2.19. The third kappa shape index (κ3) is 3.25. The lowest BCUT2D eigenvalue weighted by molar-refractivity contribution is 0.0932. The summed E-state index contributed by atoms with van der Waals surface area (Å²) in [6.45, 7) is 0. The van der Waals surface area contributed by atoms with E-state index in [0.717, 1.165) is 36.0 Å². The van der Waals surface area contributed by atoms with Gasteiger partial charge in [-0.25, -0.2) is 4.98 Å². The minimum atomic E-state index is -0.393. The molecule has 0 fully saturated rings. The van der Waals surface area contributed by atoms with Crippen molar-refractivity contribution in [3.8, 4) is 0 Å². The van der Waals surface area contributed by atoms with E-state index in [1.165, 1.54) is 16.2 Å². The number of fused-ring (bicyclic) bond motifs is 3. The second-order valence-corrected chi connectivity index (χ2v) is 8.26. The summed E-state index contributed by atoms with van der Waals surface area (Å²) in [7, 11) is 0. The normalized spacial score (nSPS) is 13.0. The van der Waals surface area contributed by atoms with Crippen LogP contribution in [0.1, 0.15) is 44.6 Å². The Morgan fingerprint density at radius 3 is 2.31 bits per heavy atom. The summed E-state index contributed by atoms with van der Waals surface area (Å²) in [5, 5.41) is 3.69. The molecule has 0 atom stereocenters. The second kappa shape index (κ2) is 7.29. The van der Waals surface area contributed by atoms with Crippen molar-refractivity contribution < 1.29 is 4.79 Å². The lowest BCUT2D eigenvalue weighted by Crippen LogP contribution is -2.32. The number of aromatic amines is 1. The van der Waals surface area contributed by atoms with Gasteiger partial charge < -0.3 is 10.3 Å².